The van der Waals surface area contributed by atoms with E-state index in [4.69, 9.17) is 0 Å². The predicted octanol–water partition coefficient (Wildman–Crippen LogP) is 2.75. The van der Waals surface area contributed by atoms with Crippen molar-refractivity contribution in [3.63, 3.8) is 0 Å². The number of hydrogen-bond acceptors (Lipinski definition) is 2. The van der Waals surface area contributed by atoms with Crippen LogP contribution in [-0.4, -0.2) is 34.6 Å². The molecule has 15 heavy (non-hydrogen) atoms. The highest BCUT2D eigenvalue weighted by molar-refractivity contribution is 5.78. The van der Waals surface area contributed by atoms with Gasteiger partial charge in [-0.3, -0.25) is 9.69 Å². The molecule has 0 saturated carbocycles. The van der Waals surface area contributed by atoms with Gasteiger partial charge in [0.2, 0.25) is 0 Å². The van der Waals surface area contributed by atoms with Gasteiger partial charge in [0.05, 0.1) is 0 Å². The van der Waals surface area contributed by atoms with Crippen LogP contribution in [0.15, 0.2) is 0 Å². The lowest BCUT2D eigenvalue weighted by molar-refractivity contribution is -0.151. The molecule has 0 bridgehead atoms. The molecule has 3 heteroatoms. The Morgan fingerprint density at radius 2 is 1.60 bits per heavy atom. The second-order valence-corrected chi connectivity index (χ2v) is 4.32. The lowest BCUT2D eigenvalue weighted by Crippen LogP contribution is -2.53. The topological polar surface area (TPSA) is 40.5 Å². The first-order valence-electron chi connectivity index (χ1n) is 6.01. The molecule has 0 aliphatic rings. The Morgan fingerprint density at radius 3 is 1.87 bits per heavy atom. The highest BCUT2D eigenvalue weighted by Gasteiger charge is 2.37. The maximum absolute atomic E-state index is 11.4. The molecule has 1 N–H and O–H groups in total. The van der Waals surface area contributed by atoms with E-state index in [0.717, 1.165) is 38.8 Å². The Morgan fingerprint density at radius 1 is 1.13 bits per heavy atom. The summed E-state index contributed by atoms with van der Waals surface area (Å²) in [5, 5.41) is 9.35. The lowest BCUT2D eigenvalue weighted by atomic mass is 9.93. The largest absolute Gasteiger partial charge is 0.480 e. The van der Waals surface area contributed by atoms with E-state index in [-0.39, 0.29) is 0 Å². The minimum Gasteiger partial charge on any atom is -0.480 e. The van der Waals surface area contributed by atoms with E-state index >= 15 is 0 Å². The van der Waals surface area contributed by atoms with Crippen LogP contribution in [0, 0.1) is 0 Å². The Kier molecular flexibility index (Phi) is 6.57. The van der Waals surface area contributed by atoms with Crippen LogP contribution in [-0.2, 0) is 4.79 Å². The lowest BCUT2D eigenvalue weighted by Gasteiger charge is -2.37. The zero-order valence-corrected chi connectivity index (χ0v) is 10.5. The summed E-state index contributed by atoms with van der Waals surface area (Å²) in [5.41, 5.74) is -0.680. The van der Waals surface area contributed by atoms with Crippen LogP contribution in [0.1, 0.15) is 53.4 Å². The van der Waals surface area contributed by atoms with Crippen molar-refractivity contribution in [3.8, 4) is 0 Å². The minimum absolute atomic E-state index is 0.680. The monoisotopic (exact) mass is 215 g/mol. The third-order valence-electron chi connectivity index (χ3n) is 2.88. The van der Waals surface area contributed by atoms with Gasteiger partial charge in [-0.1, -0.05) is 27.2 Å². The fourth-order valence-electron chi connectivity index (χ4n) is 2.03. The summed E-state index contributed by atoms with van der Waals surface area (Å²) < 4.78 is 0. The van der Waals surface area contributed by atoms with Crippen molar-refractivity contribution < 1.29 is 9.90 Å². The molecule has 0 fully saturated rings. The van der Waals surface area contributed by atoms with Crippen molar-refractivity contribution in [3.05, 3.63) is 0 Å². The molecule has 1 unspecified atom stereocenters. The van der Waals surface area contributed by atoms with Gasteiger partial charge in [-0.15, -0.1) is 0 Å². The molecule has 0 saturated heterocycles. The minimum atomic E-state index is -0.689. The Hall–Kier alpha value is -0.570. The van der Waals surface area contributed by atoms with Gasteiger partial charge in [0.25, 0.3) is 0 Å². The van der Waals surface area contributed by atoms with Crippen LogP contribution < -0.4 is 0 Å². The third kappa shape index (κ3) is 3.82. The standard InChI is InChI=1S/C12H25NO2/c1-5-8-12(4,11(14)15)13(9-6-2)10-7-3/h5-10H2,1-4H3,(H,14,15). The summed E-state index contributed by atoms with van der Waals surface area (Å²) in [6.07, 6.45) is 3.65. The average Bonchev–Trinajstić information content (AvgIpc) is 2.17. The zero-order chi connectivity index (χ0) is 11.9. The van der Waals surface area contributed by atoms with E-state index in [1.54, 1.807) is 0 Å². The number of nitrogens with zero attached hydrogens (tertiary/aromatic N) is 1. The van der Waals surface area contributed by atoms with E-state index in [0.29, 0.717) is 0 Å². The molecule has 0 radical (unpaired) electrons. The van der Waals surface area contributed by atoms with Crippen LogP contribution in [0.3, 0.4) is 0 Å². The van der Waals surface area contributed by atoms with Crippen LogP contribution in [0.4, 0.5) is 0 Å². The van der Waals surface area contributed by atoms with Gasteiger partial charge in [-0.25, -0.2) is 0 Å². The molecule has 0 aromatic carbocycles. The van der Waals surface area contributed by atoms with Crippen molar-refractivity contribution in [2.75, 3.05) is 13.1 Å². The number of rotatable bonds is 8. The molecule has 0 rings (SSSR count). The van der Waals surface area contributed by atoms with Gasteiger partial charge in [0.1, 0.15) is 5.54 Å². The second kappa shape index (κ2) is 6.83. The molecular weight excluding hydrogens is 190 g/mol. The Balaban J connectivity index is 4.72. The van der Waals surface area contributed by atoms with Gasteiger partial charge in [0.15, 0.2) is 0 Å². The van der Waals surface area contributed by atoms with Crippen molar-refractivity contribution in [1.29, 1.82) is 0 Å². The quantitative estimate of drug-likeness (QED) is 0.677. The molecule has 0 aromatic heterocycles. The maximum Gasteiger partial charge on any atom is 0.323 e. The number of aliphatic carboxylic acids is 1. The van der Waals surface area contributed by atoms with Crippen molar-refractivity contribution >= 4 is 5.97 Å². The maximum atomic E-state index is 11.4. The first kappa shape index (κ1) is 14.4. The third-order valence-corrected chi connectivity index (χ3v) is 2.88. The summed E-state index contributed by atoms with van der Waals surface area (Å²) in [6.45, 7) is 9.82. The van der Waals surface area contributed by atoms with Crippen molar-refractivity contribution in [2.45, 2.75) is 58.9 Å². The molecule has 1 atom stereocenters. The second-order valence-electron chi connectivity index (χ2n) is 4.32. The van der Waals surface area contributed by atoms with E-state index in [1.807, 2.05) is 13.8 Å². The highest BCUT2D eigenvalue weighted by Crippen LogP contribution is 2.22. The summed E-state index contributed by atoms with van der Waals surface area (Å²) in [4.78, 5) is 13.5. The molecule has 0 aliphatic carbocycles. The first-order valence-corrected chi connectivity index (χ1v) is 6.01. The summed E-state index contributed by atoms with van der Waals surface area (Å²) in [7, 11) is 0. The van der Waals surface area contributed by atoms with Gasteiger partial charge in [0, 0.05) is 0 Å². The number of carboxylic acids is 1. The van der Waals surface area contributed by atoms with E-state index in [1.165, 1.54) is 0 Å². The molecule has 0 amide bonds. The van der Waals surface area contributed by atoms with Crippen LogP contribution in [0.5, 0.6) is 0 Å². The average molecular weight is 215 g/mol. The van der Waals surface area contributed by atoms with Gasteiger partial charge in [-0.05, 0) is 39.3 Å². The van der Waals surface area contributed by atoms with E-state index in [9.17, 15) is 9.90 Å². The number of hydrogen-bond donors (Lipinski definition) is 1. The van der Waals surface area contributed by atoms with Crippen molar-refractivity contribution in [1.82, 2.24) is 4.90 Å². The fraction of sp³-hybridized carbons (Fsp3) is 0.917. The van der Waals surface area contributed by atoms with Gasteiger partial charge in [-0.2, -0.15) is 0 Å². The van der Waals surface area contributed by atoms with Gasteiger partial charge >= 0.3 is 5.97 Å². The van der Waals surface area contributed by atoms with E-state index < -0.39 is 11.5 Å². The summed E-state index contributed by atoms with van der Waals surface area (Å²) in [5.74, 6) is -0.689. The summed E-state index contributed by atoms with van der Waals surface area (Å²) >= 11 is 0. The predicted molar refractivity (Wildman–Crippen MR) is 63.1 cm³/mol. The molecular formula is C12H25NO2. The normalized spacial score (nSPS) is 15.3. The smallest absolute Gasteiger partial charge is 0.323 e. The fourth-order valence-corrected chi connectivity index (χ4v) is 2.03. The Labute approximate surface area is 93.5 Å². The molecule has 3 nitrogen and oxygen atoms in total. The van der Waals surface area contributed by atoms with Crippen molar-refractivity contribution in [2.24, 2.45) is 0 Å². The molecule has 0 spiro atoms. The molecule has 0 heterocycles. The van der Waals surface area contributed by atoms with Crippen LogP contribution >= 0.6 is 0 Å². The zero-order valence-electron chi connectivity index (χ0n) is 10.5. The first-order chi connectivity index (χ1) is 7.02. The van der Waals surface area contributed by atoms with E-state index in [2.05, 4.69) is 18.7 Å². The Bertz CT molecular complexity index is 188. The van der Waals surface area contributed by atoms with Crippen LogP contribution in [0.2, 0.25) is 0 Å². The summed E-state index contributed by atoms with van der Waals surface area (Å²) in [6, 6.07) is 0. The molecule has 90 valence electrons. The number of carboxylic acid groups (broad SMARTS) is 1. The molecule has 0 aliphatic heterocycles. The van der Waals surface area contributed by atoms with Gasteiger partial charge < -0.3 is 5.11 Å². The highest BCUT2D eigenvalue weighted by atomic mass is 16.4. The number of carbonyl (C=O) groups is 1. The van der Waals surface area contributed by atoms with Crippen LogP contribution in [0.25, 0.3) is 0 Å². The SMILES string of the molecule is CCCN(CCC)C(C)(CCC)C(=O)O. The molecule has 0 aromatic rings.